The van der Waals surface area contributed by atoms with Gasteiger partial charge in [-0.15, -0.1) is 0 Å². The molecule has 2 heterocycles. The van der Waals surface area contributed by atoms with Crippen LogP contribution in [0.25, 0.3) is 0 Å². The molecule has 2 saturated heterocycles. The highest BCUT2D eigenvalue weighted by atomic mass is 16.4. The topological polar surface area (TPSA) is 494 Å². The van der Waals surface area contributed by atoms with Gasteiger partial charge in [-0.2, -0.15) is 0 Å². The number of amides is 9. The summed E-state index contributed by atoms with van der Waals surface area (Å²) in [5, 5.41) is 46.9. The first-order valence-electron chi connectivity index (χ1n) is 25.4. The first-order chi connectivity index (χ1) is 35.8. The minimum absolute atomic E-state index is 0.00926. The number of aliphatic hydroxyl groups is 1. The number of aliphatic carboxylic acids is 2. The number of hydrogen-bond acceptors (Lipinski definition) is 15. The number of guanidine groups is 2. The molecule has 0 saturated carbocycles. The van der Waals surface area contributed by atoms with Gasteiger partial charge in [-0.25, -0.2) is 4.79 Å². The van der Waals surface area contributed by atoms with Crippen LogP contribution < -0.4 is 65.9 Å². The number of nitrogens with two attached hydrogens (primary N) is 5. The summed E-state index contributed by atoms with van der Waals surface area (Å²) in [6, 6.07) is -10.7. The van der Waals surface area contributed by atoms with Crippen molar-refractivity contribution in [2.75, 3.05) is 45.9 Å². The van der Waals surface area contributed by atoms with Gasteiger partial charge in [-0.05, 0) is 76.0 Å². The molecule has 0 radical (unpaired) electrons. The second-order valence-electron chi connectivity index (χ2n) is 19.1. The molecule has 30 nitrogen and oxygen atoms in total. The number of aliphatic hydroxyl groups excluding tert-OH is 1. The van der Waals surface area contributed by atoms with Crippen molar-refractivity contribution in [1.82, 2.24) is 47.0 Å². The Morgan fingerprint density at radius 3 is 1.66 bits per heavy atom. The van der Waals surface area contributed by atoms with Crippen LogP contribution in [0.4, 0.5) is 0 Å². The fourth-order valence-electron chi connectivity index (χ4n) is 8.47. The Labute approximate surface area is 440 Å². The zero-order valence-electron chi connectivity index (χ0n) is 43.7. The molecule has 9 amide bonds. The molecule has 30 heteroatoms. The van der Waals surface area contributed by atoms with Crippen LogP contribution in [0, 0.1) is 11.8 Å². The fourth-order valence-corrected chi connectivity index (χ4v) is 8.47. The van der Waals surface area contributed by atoms with E-state index in [9.17, 15) is 68.1 Å². The second-order valence-corrected chi connectivity index (χ2v) is 19.1. The van der Waals surface area contributed by atoms with Crippen molar-refractivity contribution < 1.29 is 68.1 Å². The first kappa shape index (κ1) is 64.7. The van der Waals surface area contributed by atoms with Crippen molar-refractivity contribution in [3.63, 3.8) is 0 Å². The van der Waals surface area contributed by atoms with E-state index in [1.165, 1.54) is 9.80 Å². The van der Waals surface area contributed by atoms with E-state index in [0.717, 1.165) is 0 Å². The second kappa shape index (κ2) is 32.8. The molecular weight excluding hydrogens is 1000 g/mol. The minimum Gasteiger partial charge on any atom is -0.481 e. The lowest BCUT2D eigenvalue weighted by Gasteiger charge is -2.33. The maximum Gasteiger partial charge on any atom is 0.326 e. The van der Waals surface area contributed by atoms with Gasteiger partial charge in [0.15, 0.2) is 11.9 Å². The lowest BCUT2D eigenvalue weighted by Crippen LogP contribution is -2.60. The summed E-state index contributed by atoms with van der Waals surface area (Å²) >= 11 is 0. The van der Waals surface area contributed by atoms with Gasteiger partial charge >= 0.3 is 11.9 Å². The van der Waals surface area contributed by atoms with Gasteiger partial charge in [0, 0.05) is 32.6 Å². The molecule has 20 N–H and O–H groups in total. The lowest BCUT2D eigenvalue weighted by molar-refractivity contribution is -0.148. The Balaban J connectivity index is 2.35. The number of hydrogen-bond donors (Lipinski definition) is 15. The number of nitrogens with zero attached hydrogens (tertiary/aromatic N) is 4. The van der Waals surface area contributed by atoms with E-state index in [0.29, 0.717) is 19.3 Å². The number of aliphatic imine (C=N–C) groups is 2. The summed E-state index contributed by atoms with van der Waals surface area (Å²) in [7, 11) is 0. The third-order valence-electron chi connectivity index (χ3n) is 12.7. The summed E-state index contributed by atoms with van der Waals surface area (Å²) in [5.74, 6) is -10.8. The SMILES string of the molecule is CC[C@H](C)[C@H](NC(=O)[C@H](CCCN=C(N)N)NC(=O)[C@@H]1CCCN1C(=O)[C@@H]1CCCN1C(=O)[C@H](CO)NC(=O)[C@H](CCCN=C(N)N)NC(=O)[C@H](CCC(=O)O)NC(=O)CNC(=O)CN)C(=O)N[C@@H](CC(C)C)C(=O)O. The summed E-state index contributed by atoms with van der Waals surface area (Å²) in [6.07, 6.45) is 0.570. The highest BCUT2D eigenvalue weighted by molar-refractivity contribution is 5.98. The summed E-state index contributed by atoms with van der Waals surface area (Å²) in [5.41, 5.74) is 27.1. The van der Waals surface area contributed by atoms with Crippen LogP contribution in [-0.4, -0.2) is 196 Å². The van der Waals surface area contributed by atoms with E-state index in [1.807, 2.05) is 0 Å². The normalized spacial score (nSPS) is 17.8. The quantitative estimate of drug-likeness (QED) is 0.0165. The predicted molar refractivity (Wildman–Crippen MR) is 273 cm³/mol. The number of rotatable bonds is 33. The Morgan fingerprint density at radius 2 is 1.14 bits per heavy atom. The summed E-state index contributed by atoms with van der Waals surface area (Å²) < 4.78 is 0. The van der Waals surface area contributed by atoms with Gasteiger partial charge in [0.1, 0.15) is 48.3 Å². The summed E-state index contributed by atoms with van der Waals surface area (Å²) in [4.78, 5) is 156. The van der Waals surface area contributed by atoms with Crippen molar-refractivity contribution in [3.8, 4) is 0 Å². The Hall–Kier alpha value is -7.37. The molecule has 428 valence electrons. The van der Waals surface area contributed by atoms with Crippen LogP contribution in [0.2, 0.25) is 0 Å². The van der Waals surface area contributed by atoms with E-state index >= 15 is 0 Å². The maximum absolute atomic E-state index is 14.4. The van der Waals surface area contributed by atoms with E-state index < -0.39 is 152 Å². The van der Waals surface area contributed by atoms with Gasteiger partial charge in [0.2, 0.25) is 53.2 Å². The third kappa shape index (κ3) is 21.8. The van der Waals surface area contributed by atoms with Crippen molar-refractivity contribution in [2.24, 2.45) is 50.5 Å². The zero-order chi connectivity index (χ0) is 57.2. The van der Waals surface area contributed by atoms with Crippen molar-refractivity contribution in [2.45, 2.75) is 153 Å². The zero-order valence-corrected chi connectivity index (χ0v) is 43.7. The molecule has 2 aliphatic rings. The van der Waals surface area contributed by atoms with Crippen LogP contribution in [0.1, 0.15) is 105 Å². The van der Waals surface area contributed by atoms with E-state index in [4.69, 9.17) is 28.7 Å². The average Bonchev–Trinajstić information content (AvgIpc) is 4.07. The highest BCUT2D eigenvalue weighted by Gasteiger charge is 2.45. The maximum atomic E-state index is 14.4. The number of carboxylic acids is 2. The van der Waals surface area contributed by atoms with Gasteiger partial charge in [0.05, 0.1) is 19.7 Å². The third-order valence-corrected chi connectivity index (χ3v) is 12.7. The van der Waals surface area contributed by atoms with Crippen molar-refractivity contribution >= 4 is 77.0 Å². The standard InChI is InChI=1S/C46H80N16O14/c1-5-25(4)36(41(72)58-29(44(75)76)20-24(2)3)60-39(70)27(11-7-17-53-46(50)51)57-40(71)31-12-8-18-61(31)43(74)32-13-9-19-62(32)42(73)30(23-63)59-37(68)26(10-6-16-52-45(48)49)56-38(69)28(14-15-35(66)67)55-34(65)22-54-33(64)21-47/h24-32,36,63H,5-23,47H2,1-4H3,(H,54,64)(H,55,65)(H,56,69)(H,57,71)(H,58,72)(H,59,68)(H,60,70)(H,66,67)(H,75,76)(H4,48,49,52)(H4,50,51,53)/t25-,26-,27-,28-,29-,30-,31-,32-,36-/m0/s1. The Kier molecular flexibility index (Phi) is 28.0. The molecule has 9 atom stereocenters. The molecule has 76 heavy (non-hydrogen) atoms. The number of nitrogens with one attached hydrogen (secondary N) is 7. The van der Waals surface area contributed by atoms with E-state index in [2.05, 4.69) is 47.2 Å². The summed E-state index contributed by atoms with van der Waals surface area (Å²) in [6.45, 7) is 5.22. The van der Waals surface area contributed by atoms with E-state index in [-0.39, 0.29) is 89.0 Å². The molecule has 0 bridgehead atoms. The Morgan fingerprint density at radius 1 is 0.632 bits per heavy atom. The predicted octanol–water partition coefficient (Wildman–Crippen LogP) is -5.91. The largest absolute Gasteiger partial charge is 0.481 e. The average molecular weight is 1080 g/mol. The van der Waals surface area contributed by atoms with Crippen LogP contribution >= 0.6 is 0 Å². The first-order valence-corrected chi connectivity index (χ1v) is 25.4. The molecule has 2 aliphatic heterocycles. The molecule has 0 aliphatic carbocycles. The minimum atomic E-state index is -1.67. The smallest absolute Gasteiger partial charge is 0.326 e. The highest BCUT2D eigenvalue weighted by Crippen LogP contribution is 2.26. The van der Waals surface area contributed by atoms with Crippen LogP contribution in [0.5, 0.6) is 0 Å². The lowest BCUT2D eigenvalue weighted by atomic mass is 9.96. The molecule has 0 unspecified atom stereocenters. The molecule has 0 spiro atoms. The van der Waals surface area contributed by atoms with Crippen LogP contribution in [0.3, 0.4) is 0 Å². The molecule has 2 fully saturated rings. The van der Waals surface area contributed by atoms with Gasteiger partial charge in [-0.1, -0.05) is 34.1 Å². The molecule has 2 rings (SSSR count). The number of carbonyl (C=O) groups is 11. The number of likely N-dealkylation sites (tertiary alicyclic amines) is 2. The number of carbonyl (C=O) groups excluding carboxylic acids is 9. The number of carboxylic acid groups (broad SMARTS) is 2. The van der Waals surface area contributed by atoms with Gasteiger partial charge in [0.25, 0.3) is 0 Å². The molecule has 0 aromatic rings. The van der Waals surface area contributed by atoms with Crippen molar-refractivity contribution in [3.05, 3.63) is 0 Å². The Bertz CT molecular complexity index is 2100. The van der Waals surface area contributed by atoms with Gasteiger partial charge in [-0.3, -0.25) is 57.9 Å². The van der Waals surface area contributed by atoms with Gasteiger partial charge < -0.3 is 91.0 Å². The fraction of sp³-hybridized carbons (Fsp3) is 0.717. The molecule has 0 aromatic carbocycles. The molecule has 0 aromatic heterocycles. The monoisotopic (exact) mass is 1080 g/mol. The molecular formula is C46H80N16O14. The van der Waals surface area contributed by atoms with Crippen molar-refractivity contribution in [1.29, 1.82) is 0 Å². The van der Waals surface area contributed by atoms with Crippen LogP contribution in [-0.2, 0) is 52.7 Å². The van der Waals surface area contributed by atoms with E-state index in [1.54, 1.807) is 27.7 Å². The van der Waals surface area contributed by atoms with Crippen LogP contribution in [0.15, 0.2) is 9.98 Å².